The Bertz CT molecular complexity index is 667. The van der Waals surface area contributed by atoms with Crippen LogP contribution in [0.2, 0.25) is 0 Å². The number of anilines is 2. The van der Waals surface area contributed by atoms with E-state index in [0.29, 0.717) is 0 Å². The van der Waals surface area contributed by atoms with Gasteiger partial charge in [-0.15, -0.1) is 5.01 Å². The minimum Gasteiger partial charge on any atom is -0.326 e. The molecule has 0 aliphatic carbocycles. The lowest BCUT2D eigenvalue weighted by molar-refractivity contribution is -0.691. The van der Waals surface area contributed by atoms with E-state index in [2.05, 4.69) is 60.2 Å². The molecule has 0 atom stereocenters. The van der Waals surface area contributed by atoms with Crippen LogP contribution in [0.4, 0.5) is 11.4 Å². The summed E-state index contributed by atoms with van der Waals surface area (Å²) in [6.45, 7) is 8.75. The molecule has 0 aliphatic rings. The highest BCUT2D eigenvalue weighted by Gasteiger charge is 2.19. The summed E-state index contributed by atoms with van der Waals surface area (Å²) in [5, 5.41) is 5.04. The van der Waals surface area contributed by atoms with E-state index in [9.17, 15) is 4.79 Å². The first-order valence-corrected chi connectivity index (χ1v) is 7.71. The number of carbonyl (C=O) groups is 1. The van der Waals surface area contributed by atoms with Crippen molar-refractivity contribution in [3.63, 3.8) is 0 Å². The van der Waals surface area contributed by atoms with Crippen molar-refractivity contribution in [2.75, 3.05) is 16.9 Å². The molecule has 1 amide bonds. The molecule has 22 heavy (non-hydrogen) atoms. The van der Waals surface area contributed by atoms with Gasteiger partial charge in [0.2, 0.25) is 17.8 Å². The number of nitrogens with zero attached hydrogens (tertiary/aromatic N) is 2. The lowest BCUT2D eigenvalue weighted by Gasteiger charge is -2.19. The molecule has 1 N–H and O–H groups in total. The molecule has 2 rings (SSSR count). The summed E-state index contributed by atoms with van der Waals surface area (Å²) in [5.74, 6) is -0.0579. The molecule has 2 aromatic rings. The molecule has 116 valence electrons. The standard InChI is InChI=1S/C18H23N3O/c1-5-17-12-14(3)10-11-21(17)20(6-2)18-9-7-8-16(13-18)19-15(4)22/h7-13H,5-6H2,1-4H3/p+1. The van der Waals surface area contributed by atoms with Gasteiger partial charge in [0, 0.05) is 31.2 Å². The van der Waals surface area contributed by atoms with Gasteiger partial charge in [0.25, 0.3) is 0 Å². The summed E-state index contributed by atoms with van der Waals surface area (Å²) in [4.78, 5) is 11.2. The van der Waals surface area contributed by atoms with Crippen molar-refractivity contribution >= 4 is 17.3 Å². The number of hydrogen-bond acceptors (Lipinski definition) is 2. The number of nitrogens with one attached hydrogen (secondary N) is 1. The van der Waals surface area contributed by atoms with E-state index in [-0.39, 0.29) is 5.91 Å². The van der Waals surface area contributed by atoms with Crippen LogP contribution in [0.5, 0.6) is 0 Å². The van der Waals surface area contributed by atoms with Crippen LogP contribution in [0.1, 0.15) is 32.0 Å². The van der Waals surface area contributed by atoms with Crippen molar-refractivity contribution in [2.45, 2.75) is 34.1 Å². The summed E-state index contributed by atoms with van der Waals surface area (Å²) in [7, 11) is 0. The van der Waals surface area contributed by atoms with Crippen LogP contribution in [0.3, 0.4) is 0 Å². The molecule has 0 fully saturated rings. The minimum absolute atomic E-state index is 0.0579. The molecule has 0 radical (unpaired) electrons. The molecule has 1 heterocycles. The Morgan fingerprint density at radius 2 is 2.00 bits per heavy atom. The molecular weight excluding hydrogens is 274 g/mol. The third-order valence-electron chi connectivity index (χ3n) is 3.55. The molecule has 0 unspecified atom stereocenters. The third kappa shape index (κ3) is 3.64. The molecular formula is C18H24N3O+. The Morgan fingerprint density at radius 1 is 1.23 bits per heavy atom. The van der Waals surface area contributed by atoms with Crippen LogP contribution in [-0.4, -0.2) is 12.5 Å². The number of benzene rings is 1. The maximum Gasteiger partial charge on any atom is 0.221 e. The Hall–Kier alpha value is -2.36. The van der Waals surface area contributed by atoms with Gasteiger partial charge in [0.15, 0.2) is 0 Å². The Labute approximate surface area is 132 Å². The minimum atomic E-state index is -0.0579. The molecule has 0 spiro atoms. The van der Waals surface area contributed by atoms with Crippen LogP contribution in [0.15, 0.2) is 42.6 Å². The number of pyridine rings is 1. The number of hydrogen-bond donors (Lipinski definition) is 1. The van der Waals surface area contributed by atoms with Gasteiger partial charge in [0.1, 0.15) is 5.69 Å². The molecule has 1 aromatic heterocycles. The lowest BCUT2D eigenvalue weighted by Crippen LogP contribution is -2.56. The van der Waals surface area contributed by atoms with Crippen LogP contribution in [0, 0.1) is 6.92 Å². The second-order valence-corrected chi connectivity index (χ2v) is 5.34. The zero-order valence-corrected chi connectivity index (χ0v) is 13.8. The predicted octanol–water partition coefficient (Wildman–Crippen LogP) is 3.09. The van der Waals surface area contributed by atoms with Crippen LogP contribution in [-0.2, 0) is 11.2 Å². The fraction of sp³-hybridized carbons (Fsp3) is 0.333. The fourth-order valence-electron chi connectivity index (χ4n) is 2.57. The van der Waals surface area contributed by atoms with Gasteiger partial charge in [-0.3, -0.25) is 4.79 Å². The maximum atomic E-state index is 11.2. The quantitative estimate of drug-likeness (QED) is 0.861. The summed E-state index contributed by atoms with van der Waals surface area (Å²) in [6, 6.07) is 12.2. The molecule has 4 nitrogen and oxygen atoms in total. The van der Waals surface area contributed by atoms with Crippen LogP contribution >= 0.6 is 0 Å². The zero-order chi connectivity index (χ0) is 16.1. The topological polar surface area (TPSA) is 36.2 Å². The number of amides is 1. The van der Waals surface area contributed by atoms with Gasteiger partial charge in [-0.25, -0.2) is 0 Å². The van der Waals surface area contributed by atoms with E-state index in [1.165, 1.54) is 18.2 Å². The average Bonchev–Trinajstić information content (AvgIpc) is 2.49. The van der Waals surface area contributed by atoms with Crippen molar-refractivity contribution in [3.8, 4) is 0 Å². The van der Waals surface area contributed by atoms with Gasteiger partial charge in [-0.2, -0.15) is 0 Å². The average molecular weight is 298 g/mol. The molecule has 0 saturated carbocycles. The Kier molecular flexibility index (Phi) is 5.15. The summed E-state index contributed by atoms with van der Waals surface area (Å²) in [6.07, 6.45) is 3.06. The summed E-state index contributed by atoms with van der Waals surface area (Å²) < 4.78 is 2.18. The van der Waals surface area contributed by atoms with Crippen LogP contribution < -0.4 is 15.0 Å². The normalized spacial score (nSPS) is 10.4. The molecule has 1 aromatic carbocycles. The molecule has 0 saturated heterocycles. The van der Waals surface area contributed by atoms with Crippen LogP contribution in [0.25, 0.3) is 0 Å². The molecule has 0 aliphatic heterocycles. The van der Waals surface area contributed by atoms with Gasteiger partial charge in [-0.1, -0.05) is 17.7 Å². The first kappa shape index (κ1) is 16.0. The number of aryl methyl sites for hydroxylation is 2. The van der Waals surface area contributed by atoms with Crippen molar-refractivity contribution < 1.29 is 9.47 Å². The third-order valence-corrected chi connectivity index (χ3v) is 3.55. The van der Waals surface area contributed by atoms with Gasteiger partial charge in [0.05, 0.1) is 6.54 Å². The van der Waals surface area contributed by atoms with Crippen molar-refractivity contribution in [3.05, 3.63) is 53.9 Å². The Morgan fingerprint density at radius 3 is 2.64 bits per heavy atom. The van der Waals surface area contributed by atoms with Crippen molar-refractivity contribution in [2.24, 2.45) is 0 Å². The monoisotopic (exact) mass is 298 g/mol. The van der Waals surface area contributed by atoms with Gasteiger partial charge < -0.3 is 5.32 Å². The highest BCUT2D eigenvalue weighted by Crippen LogP contribution is 2.18. The number of carbonyl (C=O) groups excluding carboxylic acids is 1. The second-order valence-electron chi connectivity index (χ2n) is 5.34. The maximum absolute atomic E-state index is 11.2. The highest BCUT2D eigenvalue weighted by molar-refractivity contribution is 5.89. The lowest BCUT2D eigenvalue weighted by atomic mass is 10.2. The number of rotatable bonds is 5. The highest BCUT2D eigenvalue weighted by atomic mass is 16.1. The second kappa shape index (κ2) is 7.07. The van der Waals surface area contributed by atoms with E-state index in [1.807, 2.05) is 18.2 Å². The van der Waals surface area contributed by atoms with Gasteiger partial charge in [-0.05, 0) is 37.6 Å². The largest absolute Gasteiger partial charge is 0.326 e. The zero-order valence-electron chi connectivity index (χ0n) is 13.8. The summed E-state index contributed by atoms with van der Waals surface area (Å²) in [5.41, 5.74) is 4.38. The predicted molar refractivity (Wildman–Crippen MR) is 89.9 cm³/mol. The first-order chi connectivity index (χ1) is 10.5. The van der Waals surface area contributed by atoms with Gasteiger partial charge >= 0.3 is 0 Å². The van der Waals surface area contributed by atoms with E-state index in [4.69, 9.17) is 0 Å². The van der Waals surface area contributed by atoms with E-state index < -0.39 is 0 Å². The SMILES string of the molecule is CCc1cc(C)cc[n+]1N(CC)c1cccc(NC(C)=O)c1. The summed E-state index contributed by atoms with van der Waals surface area (Å²) >= 11 is 0. The molecule has 4 heteroatoms. The van der Waals surface area contributed by atoms with E-state index in [0.717, 1.165) is 24.3 Å². The Balaban J connectivity index is 2.42. The van der Waals surface area contributed by atoms with E-state index >= 15 is 0 Å². The smallest absolute Gasteiger partial charge is 0.221 e. The number of aromatic nitrogens is 1. The van der Waals surface area contributed by atoms with Crippen molar-refractivity contribution in [1.29, 1.82) is 0 Å². The fourth-order valence-corrected chi connectivity index (χ4v) is 2.57. The van der Waals surface area contributed by atoms with E-state index in [1.54, 1.807) is 0 Å². The first-order valence-electron chi connectivity index (χ1n) is 7.71. The molecule has 0 bridgehead atoms. The van der Waals surface area contributed by atoms with Crippen molar-refractivity contribution in [1.82, 2.24) is 0 Å².